The van der Waals surface area contributed by atoms with Gasteiger partial charge in [-0.3, -0.25) is 4.79 Å². The summed E-state index contributed by atoms with van der Waals surface area (Å²) in [4.78, 5) is 23.7. The molecule has 0 N–H and O–H groups in total. The Labute approximate surface area is 147 Å². The number of ether oxygens (including phenoxy) is 2. The van der Waals surface area contributed by atoms with Crippen LogP contribution in [0.4, 0.5) is 5.82 Å². The lowest BCUT2D eigenvalue weighted by Gasteiger charge is -2.33. The summed E-state index contributed by atoms with van der Waals surface area (Å²) in [6.07, 6.45) is 3.38. The number of benzene rings is 1. The Hall–Kier alpha value is -2.47. The molecular weight excluding hydrogens is 318 g/mol. The molecule has 2 aromatic rings. The molecule has 25 heavy (non-hydrogen) atoms. The highest BCUT2D eigenvalue weighted by atomic mass is 16.5. The fraction of sp³-hybridized carbons (Fsp3) is 0.421. The van der Waals surface area contributed by atoms with Crippen LogP contribution >= 0.6 is 0 Å². The number of hydrogen-bond donors (Lipinski definition) is 0. The molecule has 1 aliphatic heterocycles. The number of anilines is 1. The number of nitrogens with zero attached hydrogens (tertiary/aromatic N) is 3. The standard InChI is InChI=1S/C19H23N3O3/c1-24-12-15-10-18(21-13-20-15)22-9-5-6-14(11-22)19(23)16-7-3-4-8-17(16)25-2/h3-4,7-8,10,13-14H,5-6,9,11-12H2,1-2H3. The minimum Gasteiger partial charge on any atom is -0.496 e. The van der Waals surface area contributed by atoms with E-state index in [4.69, 9.17) is 9.47 Å². The molecule has 0 bridgehead atoms. The lowest BCUT2D eigenvalue weighted by Crippen LogP contribution is -2.39. The van der Waals surface area contributed by atoms with Gasteiger partial charge >= 0.3 is 0 Å². The Balaban J connectivity index is 1.77. The van der Waals surface area contributed by atoms with Crippen molar-refractivity contribution in [3.8, 4) is 5.75 Å². The molecule has 132 valence electrons. The molecule has 1 atom stereocenters. The molecule has 3 rings (SSSR count). The molecule has 1 saturated heterocycles. The van der Waals surface area contributed by atoms with E-state index in [1.54, 1.807) is 20.5 Å². The summed E-state index contributed by atoms with van der Waals surface area (Å²) in [6.45, 7) is 1.99. The molecule has 0 amide bonds. The van der Waals surface area contributed by atoms with E-state index in [0.29, 0.717) is 24.5 Å². The van der Waals surface area contributed by atoms with E-state index in [2.05, 4.69) is 14.9 Å². The second-order valence-corrected chi connectivity index (χ2v) is 6.15. The van der Waals surface area contributed by atoms with Crippen molar-refractivity contribution < 1.29 is 14.3 Å². The average molecular weight is 341 g/mol. The van der Waals surface area contributed by atoms with Crippen molar-refractivity contribution in [3.05, 3.63) is 47.9 Å². The van der Waals surface area contributed by atoms with E-state index in [9.17, 15) is 4.79 Å². The van der Waals surface area contributed by atoms with Crippen LogP contribution in [0.25, 0.3) is 0 Å². The summed E-state index contributed by atoms with van der Waals surface area (Å²) in [7, 11) is 3.24. The first kappa shape index (κ1) is 17.4. The minimum atomic E-state index is -0.0640. The Morgan fingerprint density at radius 2 is 2.12 bits per heavy atom. The summed E-state index contributed by atoms with van der Waals surface area (Å²) < 4.78 is 10.5. The number of Topliss-reactive ketones (excluding diaryl/α,β-unsaturated/α-hetero) is 1. The van der Waals surface area contributed by atoms with E-state index in [1.807, 2.05) is 30.3 Å². The predicted molar refractivity (Wildman–Crippen MR) is 95.0 cm³/mol. The lowest BCUT2D eigenvalue weighted by atomic mass is 9.89. The van der Waals surface area contributed by atoms with Gasteiger partial charge in [0, 0.05) is 32.2 Å². The van der Waals surface area contributed by atoms with Gasteiger partial charge in [-0.15, -0.1) is 0 Å². The van der Waals surface area contributed by atoms with Gasteiger partial charge in [-0.2, -0.15) is 0 Å². The molecule has 1 aromatic heterocycles. The number of methoxy groups -OCH3 is 2. The Morgan fingerprint density at radius 3 is 2.92 bits per heavy atom. The van der Waals surface area contributed by atoms with E-state index in [0.717, 1.165) is 30.9 Å². The summed E-state index contributed by atoms with van der Waals surface area (Å²) >= 11 is 0. The van der Waals surface area contributed by atoms with Gasteiger partial charge in [0.05, 0.1) is 25.0 Å². The fourth-order valence-electron chi connectivity index (χ4n) is 3.25. The predicted octanol–water partition coefficient (Wildman–Crippen LogP) is 2.73. The molecule has 6 nitrogen and oxygen atoms in total. The number of rotatable bonds is 6. The van der Waals surface area contributed by atoms with Crippen LogP contribution in [0.2, 0.25) is 0 Å². The molecule has 1 aliphatic rings. The number of ketones is 1. The SMILES string of the molecule is COCc1cc(N2CCCC(C(=O)c3ccccc3OC)C2)ncn1. The minimum absolute atomic E-state index is 0.0640. The maximum absolute atomic E-state index is 13.0. The molecular formula is C19H23N3O3. The van der Waals surface area contributed by atoms with Crippen LogP contribution in [0.5, 0.6) is 5.75 Å². The summed E-state index contributed by atoms with van der Waals surface area (Å²) in [6, 6.07) is 9.34. The number of para-hydroxylation sites is 1. The molecule has 1 aromatic carbocycles. The van der Waals surface area contributed by atoms with Crippen LogP contribution in [0, 0.1) is 5.92 Å². The molecule has 6 heteroatoms. The average Bonchev–Trinajstić information content (AvgIpc) is 2.68. The smallest absolute Gasteiger partial charge is 0.171 e. The molecule has 0 radical (unpaired) electrons. The number of carbonyl (C=O) groups is 1. The Kier molecular flexibility index (Phi) is 5.60. The van der Waals surface area contributed by atoms with Crippen molar-refractivity contribution in [2.45, 2.75) is 19.4 Å². The van der Waals surface area contributed by atoms with Crippen molar-refractivity contribution in [1.82, 2.24) is 9.97 Å². The maximum Gasteiger partial charge on any atom is 0.171 e. The molecule has 1 fully saturated rings. The number of hydrogen-bond acceptors (Lipinski definition) is 6. The second kappa shape index (κ2) is 8.07. The zero-order valence-electron chi connectivity index (χ0n) is 14.6. The Morgan fingerprint density at radius 1 is 1.28 bits per heavy atom. The molecule has 1 unspecified atom stereocenters. The van der Waals surface area contributed by atoms with Crippen LogP contribution in [-0.2, 0) is 11.3 Å². The van der Waals surface area contributed by atoms with E-state index < -0.39 is 0 Å². The van der Waals surface area contributed by atoms with Gasteiger partial charge in [0.25, 0.3) is 0 Å². The van der Waals surface area contributed by atoms with Crippen molar-refractivity contribution in [1.29, 1.82) is 0 Å². The number of aromatic nitrogens is 2. The first-order chi connectivity index (χ1) is 12.2. The highest BCUT2D eigenvalue weighted by Crippen LogP contribution is 2.28. The third kappa shape index (κ3) is 3.96. The van der Waals surface area contributed by atoms with Crippen LogP contribution in [0.3, 0.4) is 0 Å². The van der Waals surface area contributed by atoms with Crippen LogP contribution in [-0.4, -0.2) is 43.1 Å². The van der Waals surface area contributed by atoms with Crippen LogP contribution < -0.4 is 9.64 Å². The van der Waals surface area contributed by atoms with Crippen LogP contribution in [0.1, 0.15) is 28.9 Å². The van der Waals surface area contributed by atoms with Gasteiger partial charge in [-0.1, -0.05) is 12.1 Å². The zero-order valence-corrected chi connectivity index (χ0v) is 14.6. The highest BCUT2D eigenvalue weighted by molar-refractivity contribution is 6.00. The fourth-order valence-corrected chi connectivity index (χ4v) is 3.25. The van der Waals surface area contributed by atoms with Crippen molar-refractivity contribution >= 4 is 11.6 Å². The zero-order chi connectivity index (χ0) is 17.6. The van der Waals surface area contributed by atoms with Gasteiger partial charge in [-0.25, -0.2) is 9.97 Å². The van der Waals surface area contributed by atoms with Crippen molar-refractivity contribution in [2.75, 3.05) is 32.2 Å². The molecule has 2 heterocycles. The number of carbonyl (C=O) groups excluding carboxylic acids is 1. The summed E-state index contributed by atoms with van der Waals surface area (Å²) in [5.41, 5.74) is 1.49. The van der Waals surface area contributed by atoms with Crippen molar-refractivity contribution in [3.63, 3.8) is 0 Å². The first-order valence-electron chi connectivity index (χ1n) is 8.45. The largest absolute Gasteiger partial charge is 0.496 e. The van der Waals surface area contributed by atoms with Gasteiger partial charge in [0.1, 0.15) is 17.9 Å². The summed E-state index contributed by atoms with van der Waals surface area (Å²) in [5, 5.41) is 0. The highest BCUT2D eigenvalue weighted by Gasteiger charge is 2.28. The lowest BCUT2D eigenvalue weighted by molar-refractivity contribution is 0.0904. The second-order valence-electron chi connectivity index (χ2n) is 6.15. The van der Waals surface area contributed by atoms with Gasteiger partial charge in [-0.05, 0) is 25.0 Å². The van der Waals surface area contributed by atoms with E-state index >= 15 is 0 Å². The summed E-state index contributed by atoms with van der Waals surface area (Å²) in [5.74, 6) is 1.55. The van der Waals surface area contributed by atoms with Crippen LogP contribution in [0.15, 0.2) is 36.7 Å². The van der Waals surface area contributed by atoms with E-state index in [1.165, 1.54) is 0 Å². The normalized spacial score (nSPS) is 17.4. The van der Waals surface area contributed by atoms with Crippen molar-refractivity contribution in [2.24, 2.45) is 5.92 Å². The number of piperidine rings is 1. The topological polar surface area (TPSA) is 64.5 Å². The monoisotopic (exact) mass is 341 g/mol. The first-order valence-corrected chi connectivity index (χ1v) is 8.45. The third-order valence-corrected chi connectivity index (χ3v) is 4.49. The molecule has 0 saturated carbocycles. The Bertz CT molecular complexity index is 735. The molecule has 0 spiro atoms. The molecule has 0 aliphatic carbocycles. The third-order valence-electron chi connectivity index (χ3n) is 4.49. The van der Waals surface area contributed by atoms with Gasteiger partial charge in [0.2, 0.25) is 0 Å². The van der Waals surface area contributed by atoms with Gasteiger partial charge < -0.3 is 14.4 Å². The van der Waals surface area contributed by atoms with E-state index in [-0.39, 0.29) is 11.7 Å². The van der Waals surface area contributed by atoms with Gasteiger partial charge in [0.15, 0.2) is 5.78 Å². The maximum atomic E-state index is 13.0. The quantitative estimate of drug-likeness (QED) is 0.753.